The summed E-state index contributed by atoms with van der Waals surface area (Å²) >= 11 is 5.97. The lowest BCUT2D eigenvalue weighted by Crippen LogP contribution is -2.50. The van der Waals surface area contributed by atoms with Gasteiger partial charge in [-0.2, -0.15) is 5.26 Å². The zero-order chi connectivity index (χ0) is 13.8. The smallest absolute Gasteiger partial charge is 0.244 e. The van der Waals surface area contributed by atoms with Gasteiger partial charge in [-0.1, -0.05) is 25.4 Å². The first-order valence-electron chi connectivity index (χ1n) is 5.76. The van der Waals surface area contributed by atoms with Gasteiger partial charge >= 0.3 is 0 Å². The van der Waals surface area contributed by atoms with Crippen molar-refractivity contribution in [2.45, 2.75) is 32.2 Å². The van der Waals surface area contributed by atoms with Crippen molar-refractivity contribution in [3.8, 4) is 6.07 Å². The molecule has 0 saturated carbocycles. The maximum Gasteiger partial charge on any atom is 0.244 e. The monoisotopic (exact) mass is 265 g/mol. The summed E-state index contributed by atoms with van der Waals surface area (Å²) in [6, 6.07) is 6.69. The Morgan fingerprint density at radius 1 is 1.50 bits per heavy atom. The van der Waals surface area contributed by atoms with Crippen LogP contribution in [0.1, 0.15) is 32.3 Å². The maximum absolute atomic E-state index is 12.1. The Morgan fingerprint density at radius 2 is 2.11 bits per heavy atom. The van der Waals surface area contributed by atoms with Crippen LogP contribution >= 0.6 is 11.6 Å². The second-order valence-corrected chi connectivity index (χ2v) is 4.53. The molecule has 0 unspecified atom stereocenters. The minimum atomic E-state index is -0.911. The number of amides is 1. The van der Waals surface area contributed by atoms with Crippen LogP contribution in [-0.4, -0.2) is 11.4 Å². The SMILES string of the molecule is CCC(N)(CC)C(=O)Nc1cc(C#N)ccc1Cl. The average Bonchev–Trinajstić information content (AvgIpc) is 2.40. The first-order chi connectivity index (χ1) is 8.46. The van der Waals surface area contributed by atoms with Crippen LogP contribution in [0.5, 0.6) is 0 Å². The Balaban J connectivity index is 2.98. The molecule has 5 heteroatoms. The molecule has 0 aromatic heterocycles. The number of carbonyl (C=O) groups excluding carboxylic acids is 1. The van der Waals surface area contributed by atoms with E-state index in [9.17, 15) is 4.79 Å². The highest BCUT2D eigenvalue weighted by atomic mass is 35.5. The Bertz CT molecular complexity index is 489. The molecule has 0 aliphatic rings. The fourth-order valence-corrected chi connectivity index (χ4v) is 1.67. The Morgan fingerprint density at radius 3 is 2.61 bits per heavy atom. The third kappa shape index (κ3) is 3.00. The van der Waals surface area contributed by atoms with E-state index in [1.54, 1.807) is 12.1 Å². The molecule has 0 fully saturated rings. The molecule has 0 atom stereocenters. The lowest BCUT2D eigenvalue weighted by molar-refractivity contribution is -0.121. The third-order valence-electron chi connectivity index (χ3n) is 3.06. The predicted molar refractivity (Wildman–Crippen MR) is 72.3 cm³/mol. The van der Waals surface area contributed by atoms with Crippen LogP contribution < -0.4 is 11.1 Å². The number of nitrogens with zero attached hydrogens (tertiary/aromatic N) is 1. The zero-order valence-electron chi connectivity index (χ0n) is 10.5. The van der Waals surface area contributed by atoms with Crippen LogP contribution in [-0.2, 0) is 4.79 Å². The van der Waals surface area contributed by atoms with Crippen molar-refractivity contribution in [2.24, 2.45) is 5.73 Å². The molecule has 0 bridgehead atoms. The number of hydrogen-bond donors (Lipinski definition) is 2. The Hall–Kier alpha value is -1.57. The van der Waals surface area contributed by atoms with E-state index in [0.29, 0.717) is 29.1 Å². The summed E-state index contributed by atoms with van der Waals surface area (Å²) in [5.74, 6) is -0.288. The second kappa shape index (κ2) is 5.85. The fraction of sp³-hybridized carbons (Fsp3) is 0.385. The third-order valence-corrected chi connectivity index (χ3v) is 3.39. The van der Waals surface area contributed by atoms with Crippen LogP contribution in [0, 0.1) is 11.3 Å². The van der Waals surface area contributed by atoms with E-state index in [0.717, 1.165) is 0 Å². The Kier molecular flexibility index (Phi) is 4.71. The van der Waals surface area contributed by atoms with Crippen molar-refractivity contribution in [1.29, 1.82) is 5.26 Å². The fourth-order valence-electron chi connectivity index (χ4n) is 1.51. The van der Waals surface area contributed by atoms with Gasteiger partial charge in [0.25, 0.3) is 0 Å². The standard InChI is InChI=1S/C13H16ClN3O/c1-3-13(16,4-2)12(18)17-11-7-9(8-15)5-6-10(11)14/h5-7H,3-4,16H2,1-2H3,(H,17,18). The minimum absolute atomic E-state index is 0.288. The molecule has 1 aromatic carbocycles. The molecule has 4 nitrogen and oxygen atoms in total. The number of hydrogen-bond acceptors (Lipinski definition) is 3. The van der Waals surface area contributed by atoms with E-state index < -0.39 is 5.54 Å². The number of nitrogens with one attached hydrogen (secondary N) is 1. The highest BCUT2D eigenvalue weighted by Gasteiger charge is 2.30. The largest absolute Gasteiger partial charge is 0.323 e. The van der Waals surface area contributed by atoms with Crippen molar-refractivity contribution >= 4 is 23.2 Å². The topological polar surface area (TPSA) is 78.9 Å². The van der Waals surface area contributed by atoms with E-state index in [-0.39, 0.29) is 5.91 Å². The van der Waals surface area contributed by atoms with Gasteiger partial charge < -0.3 is 11.1 Å². The molecule has 0 radical (unpaired) electrons. The predicted octanol–water partition coefficient (Wildman–Crippen LogP) is 2.67. The first-order valence-corrected chi connectivity index (χ1v) is 6.14. The van der Waals surface area contributed by atoms with E-state index >= 15 is 0 Å². The molecule has 0 saturated heterocycles. The molecular formula is C13H16ClN3O. The molecule has 18 heavy (non-hydrogen) atoms. The summed E-state index contributed by atoms with van der Waals surface area (Å²) in [7, 11) is 0. The van der Waals surface area contributed by atoms with Gasteiger partial charge in [-0.3, -0.25) is 4.79 Å². The molecule has 96 valence electrons. The zero-order valence-corrected chi connectivity index (χ0v) is 11.2. The van der Waals surface area contributed by atoms with Crippen LogP contribution in [0.2, 0.25) is 5.02 Å². The minimum Gasteiger partial charge on any atom is -0.323 e. The second-order valence-electron chi connectivity index (χ2n) is 4.12. The quantitative estimate of drug-likeness (QED) is 0.878. The summed E-state index contributed by atoms with van der Waals surface area (Å²) < 4.78 is 0. The highest BCUT2D eigenvalue weighted by molar-refractivity contribution is 6.33. The van der Waals surface area contributed by atoms with E-state index in [2.05, 4.69) is 5.32 Å². The van der Waals surface area contributed by atoms with Crippen molar-refractivity contribution < 1.29 is 4.79 Å². The molecule has 1 aromatic rings. The molecule has 0 heterocycles. The summed E-state index contributed by atoms with van der Waals surface area (Å²) in [4.78, 5) is 12.1. The van der Waals surface area contributed by atoms with Gasteiger partial charge in [0.2, 0.25) is 5.91 Å². The number of benzene rings is 1. The van der Waals surface area contributed by atoms with Gasteiger partial charge in [0.05, 0.1) is 27.9 Å². The molecule has 1 rings (SSSR count). The molecular weight excluding hydrogens is 250 g/mol. The molecule has 3 N–H and O–H groups in total. The summed E-state index contributed by atoms with van der Waals surface area (Å²) in [6.07, 6.45) is 1.07. The van der Waals surface area contributed by atoms with Crippen LogP contribution in [0.4, 0.5) is 5.69 Å². The van der Waals surface area contributed by atoms with Crippen LogP contribution in [0.15, 0.2) is 18.2 Å². The maximum atomic E-state index is 12.1. The summed E-state index contributed by atoms with van der Waals surface area (Å²) in [6.45, 7) is 3.72. The van der Waals surface area contributed by atoms with Crippen molar-refractivity contribution in [2.75, 3.05) is 5.32 Å². The number of rotatable bonds is 4. The Labute approximate surface area is 112 Å². The van der Waals surface area contributed by atoms with Crippen molar-refractivity contribution in [1.82, 2.24) is 0 Å². The average molecular weight is 266 g/mol. The van der Waals surface area contributed by atoms with Gasteiger partial charge in [-0.25, -0.2) is 0 Å². The molecule has 0 spiro atoms. The number of anilines is 1. The summed E-state index contributed by atoms with van der Waals surface area (Å²) in [5, 5.41) is 11.9. The van der Waals surface area contributed by atoms with Crippen molar-refractivity contribution in [3.63, 3.8) is 0 Å². The van der Waals surface area contributed by atoms with Gasteiger partial charge in [0.1, 0.15) is 0 Å². The first kappa shape index (κ1) is 14.5. The van der Waals surface area contributed by atoms with Gasteiger partial charge in [-0.05, 0) is 31.0 Å². The highest BCUT2D eigenvalue weighted by Crippen LogP contribution is 2.24. The number of halogens is 1. The molecule has 0 aliphatic heterocycles. The number of nitrogens with two attached hydrogens (primary N) is 1. The molecule has 1 amide bonds. The lowest BCUT2D eigenvalue weighted by Gasteiger charge is -2.25. The number of carbonyl (C=O) groups is 1. The molecule has 0 aliphatic carbocycles. The van der Waals surface area contributed by atoms with Crippen molar-refractivity contribution in [3.05, 3.63) is 28.8 Å². The van der Waals surface area contributed by atoms with Crippen LogP contribution in [0.25, 0.3) is 0 Å². The van der Waals surface area contributed by atoms with Crippen LogP contribution in [0.3, 0.4) is 0 Å². The lowest BCUT2D eigenvalue weighted by atomic mass is 9.93. The van der Waals surface area contributed by atoms with E-state index in [1.165, 1.54) is 6.07 Å². The van der Waals surface area contributed by atoms with Gasteiger partial charge in [0.15, 0.2) is 0 Å². The summed E-state index contributed by atoms with van der Waals surface area (Å²) in [5.41, 5.74) is 5.93. The van der Waals surface area contributed by atoms with E-state index in [1.807, 2.05) is 19.9 Å². The number of nitriles is 1. The van der Waals surface area contributed by atoms with E-state index in [4.69, 9.17) is 22.6 Å². The normalized spacial score (nSPS) is 10.8. The van der Waals surface area contributed by atoms with Gasteiger partial charge in [-0.15, -0.1) is 0 Å². The van der Waals surface area contributed by atoms with Gasteiger partial charge in [0, 0.05) is 0 Å².